The molecule has 0 saturated heterocycles. The van der Waals surface area contributed by atoms with Gasteiger partial charge in [-0.05, 0) is 35.0 Å². The molecule has 0 aliphatic rings. The molecule has 6 aromatic carbocycles. The van der Waals surface area contributed by atoms with Gasteiger partial charge in [-0.25, -0.2) is 15.0 Å². The van der Waals surface area contributed by atoms with Crippen molar-refractivity contribution in [2.24, 2.45) is 0 Å². The van der Waals surface area contributed by atoms with Crippen molar-refractivity contribution in [3.63, 3.8) is 0 Å². The molecule has 0 N–H and O–H groups in total. The van der Waals surface area contributed by atoms with Gasteiger partial charge in [-0.2, -0.15) is 0 Å². The summed E-state index contributed by atoms with van der Waals surface area (Å²) in [5.41, 5.74) is 7.90. The lowest BCUT2D eigenvalue weighted by Gasteiger charge is -2.14. The van der Waals surface area contributed by atoms with Crippen molar-refractivity contribution >= 4 is 71.1 Å². The number of hydrogen-bond donors (Lipinski definition) is 0. The van der Waals surface area contributed by atoms with Gasteiger partial charge in [0, 0.05) is 32.5 Å². The molecule has 0 saturated carbocycles. The predicted molar refractivity (Wildman–Crippen MR) is 181 cm³/mol. The number of rotatable bonds is 2. The highest BCUT2D eigenvalue weighted by molar-refractivity contribution is 6.24. The van der Waals surface area contributed by atoms with Crippen molar-refractivity contribution in [3.05, 3.63) is 140 Å². The van der Waals surface area contributed by atoms with Gasteiger partial charge in [-0.1, -0.05) is 115 Å². The molecule has 10 rings (SSSR count). The molecule has 0 bridgehead atoms. The fraction of sp³-hybridized carbons (Fsp3) is 0. The zero-order valence-electron chi connectivity index (χ0n) is 23.5. The third-order valence-corrected chi connectivity index (χ3v) is 8.89. The van der Waals surface area contributed by atoms with E-state index < -0.39 is 0 Å². The number of hydrogen-bond acceptors (Lipinski definition) is 3. The van der Waals surface area contributed by atoms with E-state index in [4.69, 9.17) is 15.0 Å². The van der Waals surface area contributed by atoms with Gasteiger partial charge in [-0.15, -0.1) is 0 Å². The predicted octanol–water partition coefficient (Wildman–Crippen LogP) is 9.50. The standard InChI is InChI=1S/C39H23N5/c1-2-13-25(14-3-1)35-30-23-22-24-12-4-5-15-26(24)36(30)42-39(41-35)44-32-20-10-8-18-29(32)34-27-16-6-7-17-28(27)37-40-31-19-9-11-21-33(31)43(37)38(34)44/h1-23H. The van der Waals surface area contributed by atoms with Crippen molar-refractivity contribution in [3.8, 4) is 17.2 Å². The van der Waals surface area contributed by atoms with Gasteiger partial charge in [0.15, 0.2) is 0 Å². The molecule has 0 aliphatic carbocycles. The van der Waals surface area contributed by atoms with E-state index in [-0.39, 0.29) is 0 Å². The molecule has 0 aliphatic heterocycles. The van der Waals surface area contributed by atoms with Crippen LogP contribution in [0.25, 0.3) is 88.3 Å². The van der Waals surface area contributed by atoms with E-state index in [1.54, 1.807) is 0 Å². The van der Waals surface area contributed by atoms with Gasteiger partial charge >= 0.3 is 0 Å². The first-order chi connectivity index (χ1) is 21.8. The Balaban J connectivity index is 1.48. The first kappa shape index (κ1) is 23.5. The zero-order chi connectivity index (χ0) is 28.8. The summed E-state index contributed by atoms with van der Waals surface area (Å²) in [5, 5.41) is 7.89. The van der Waals surface area contributed by atoms with E-state index in [1.165, 1.54) is 0 Å². The number of para-hydroxylation sites is 3. The van der Waals surface area contributed by atoms with Crippen molar-refractivity contribution in [2.75, 3.05) is 0 Å². The minimum atomic E-state index is 0.633. The summed E-state index contributed by atoms with van der Waals surface area (Å²) in [6, 6.07) is 48.8. The number of benzene rings is 6. The molecule has 204 valence electrons. The average Bonchev–Trinajstić information content (AvgIpc) is 3.65. The summed E-state index contributed by atoms with van der Waals surface area (Å²) in [6.07, 6.45) is 0. The molecule has 4 heterocycles. The minimum absolute atomic E-state index is 0.633. The lowest BCUT2D eigenvalue weighted by Crippen LogP contribution is -2.06. The van der Waals surface area contributed by atoms with Crippen LogP contribution in [0, 0.1) is 0 Å². The van der Waals surface area contributed by atoms with Crippen LogP contribution >= 0.6 is 0 Å². The topological polar surface area (TPSA) is 48.0 Å². The molecule has 5 heteroatoms. The second kappa shape index (κ2) is 8.72. The molecule has 0 unspecified atom stereocenters. The third kappa shape index (κ3) is 3.10. The second-order valence-corrected chi connectivity index (χ2v) is 11.3. The molecule has 5 nitrogen and oxygen atoms in total. The van der Waals surface area contributed by atoms with Crippen LogP contribution in [0.1, 0.15) is 0 Å². The number of imidazole rings is 1. The summed E-state index contributed by atoms with van der Waals surface area (Å²) in [7, 11) is 0. The maximum Gasteiger partial charge on any atom is 0.237 e. The Hall–Kier alpha value is -6.07. The Bertz CT molecular complexity index is 2770. The quantitative estimate of drug-likeness (QED) is 0.198. The molecular weight excluding hydrogens is 538 g/mol. The number of fused-ring (bicyclic) bond motifs is 13. The Kier molecular flexibility index (Phi) is 4.66. The van der Waals surface area contributed by atoms with E-state index in [0.717, 1.165) is 82.3 Å². The SMILES string of the molecule is c1ccc(-c2nc(-n3c4ccccc4c4c5ccccc5c5nc6ccccc6n5c43)nc3c2ccc2ccccc23)cc1. The molecule has 10 aromatic rings. The van der Waals surface area contributed by atoms with Gasteiger partial charge in [-0.3, -0.25) is 8.97 Å². The fourth-order valence-electron chi connectivity index (χ4n) is 6.99. The van der Waals surface area contributed by atoms with Gasteiger partial charge in [0.2, 0.25) is 5.95 Å². The number of pyridine rings is 1. The molecule has 0 radical (unpaired) electrons. The van der Waals surface area contributed by atoms with Crippen LogP contribution in [-0.4, -0.2) is 23.9 Å². The lowest BCUT2D eigenvalue weighted by molar-refractivity contribution is 0.992. The Morgan fingerprint density at radius 1 is 0.455 bits per heavy atom. The van der Waals surface area contributed by atoms with Crippen molar-refractivity contribution in [1.29, 1.82) is 0 Å². The molecule has 4 aromatic heterocycles. The van der Waals surface area contributed by atoms with E-state index in [9.17, 15) is 0 Å². The highest BCUT2D eigenvalue weighted by Gasteiger charge is 2.23. The smallest absolute Gasteiger partial charge is 0.237 e. The molecule has 0 spiro atoms. The van der Waals surface area contributed by atoms with Crippen LogP contribution in [0.15, 0.2) is 140 Å². The van der Waals surface area contributed by atoms with Gasteiger partial charge in [0.1, 0.15) is 11.3 Å². The highest BCUT2D eigenvalue weighted by atomic mass is 15.2. The molecule has 0 atom stereocenters. The van der Waals surface area contributed by atoms with Gasteiger partial charge < -0.3 is 0 Å². The summed E-state index contributed by atoms with van der Waals surface area (Å²) in [6.45, 7) is 0. The van der Waals surface area contributed by atoms with E-state index in [2.05, 4.69) is 136 Å². The Morgan fingerprint density at radius 3 is 2.00 bits per heavy atom. The second-order valence-electron chi connectivity index (χ2n) is 11.3. The minimum Gasteiger partial charge on any atom is -0.277 e. The van der Waals surface area contributed by atoms with Crippen LogP contribution in [0.2, 0.25) is 0 Å². The molecular formula is C39H23N5. The average molecular weight is 562 g/mol. The molecule has 44 heavy (non-hydrogen) atoms. The van der Waals surface area contributed by atoms with Gasteiger partial charge in [0.05, 0.1) is 27.8 Å². The zero-order valence-corrected chi connectivity index (χ0v) is 23.5. The van der Waals surface area contributed by atoms with Crippen molar-refractivity contribution in [1.82, 2.24) is 23.9 Å². The summed E-state index contributed by atoms with van der Waals surface area (Å²) >= 11 is 0. The van der Waals surface area contributed by atoms with Crippen LogP contribution in [0.4, 0.5) is 0 Å². The first-order valence-electron chi connectivity index (χ1n) is 14.8. The van der Waals surface area contributed by atoms with E-state index in [1.807, 2.05) is 12.1 Å². The summed E-state index contributed by atoms with van der Waals surface area (Å²) in [4.78, 5) is 16.0. The van der Waals surface area contributed by atoms with Crippen LogP contribution in [0.3, 0.4) is 0 Å². The maximum absolute atomic E-state index is 5.40. The summed E-state index contributed by atoms with van der Waals surface area (Å²) in [5.74, 6) is 0.633. The van der Waals surface area contributed by atoms with Crippen LogP contribution < -0.4 is 0 Å². The highest BCUT2D eigenvalue weighted by Crippen LogP contribution is 2.40. The van der Waals surface area contributed by atoms with E-state index >= 15 is 0 Å². The fourth-order valence-corrected chi connectivity index (χ4v) is 6.99. The maximum atomic E-state index is 5.40. The van der Waals surface area contributed by atoms with Crippen LogP contribution in [-0.2, 0) is 0 Å². The lowest BCUT2D eigenvalue weighted by atomic mass is 10.0. The van der Waals surface area contributed by atoms with Crippen LogP contribution in [0.5, 0.6) is 0 Å². The largest absolute Gasteiger partial charge is 0.277 e. The van der Waals surface area contributed by atoms with E-state index in [0.29, 0.717) is 5.95 Å². The number of nitrogens with zero attached hydrogens (tertiary/aromatic N) is 5. The first-order valence-corrected chi connectivity index (χ1v) is 14.8. The Labute approximate surface area is 251 Å². The van der Waals surface area contributed by atoms with Crippen molar-refractivity contribution in [2.45, 2.75) is 0 Å². The normalized spacial score (nSPS) is 12.1. The van der Waals surface area contributed by atoms with Gasteiger partial charge in [0.25, 0.3) is 0 Å². The monoisotopic (exact) mass is 561 g/mol. The molecule has 0 amide bonds. The Morgan fingerprint density at radius 2 is 1.14 bits per heavy atom. The number of aromatic nitrogens is 5. The summed E-state index contributed by atoms with van der Waals surface area (Å²) < 4.78 is 4.54. The van der Waals surface area contributed by atoms with Crippen molar-refractivity contribution < 1.29 is 0 Å². The molecule has 0 fully saturated rings. The third-order valence-electron chi connectivity index (χ3n) is 8.89.